The van der Waals surface area contributed by atoms with Gasteiger partial charge >= 0.3 is 12.1 Å². The zero-order chi connectivity index (χ0) is 22.0. The standard InChI is InChI=1S/C22H22F3NO5/c23-22(24,25)21(28)31-26-16(8-6-14-4-2-1-3-5-14)9-10-17(26)20(27)15-7-11-18-19(12-15)30-13-29-18/h1-5,7,11-12,16-17,20,27H,6,8-10,13H2. The maximum Gasteiger partial charge on any atom is 0.492 e. The van der Waals surface area contributed by atoms with Gasteiger partial charge in [0.25, 0.3) is 0 Å². The fourth-order valence-electron chi connectivity index (χ4n) is 4.04. The first-order valence-electron chi connectivity index (χ1n) is 10.0. The molecule has 2 heterocycles. The molecular weight excluding hydrogens is 415 g/mol. The molecule has 2 aliphatic rings. The third-order valence-electron chi connectivity index (χ3n) is 5.61. The normalized spacial score (nSPS) is 21.8. The van der Waals surface area contributed by atoms with Crippen molar-refractivity contribution >= 4 is 5.97 Å². The van der Waals surface area contributed by atoms with Gasteiger partial charge in [0.1, 0.15) is 0 Å². The van der Waals surface area contributed by atoms with Crippen molar-refractivity contribution in [3.05, 3.63) is 59.7 Å². The van der Waals surface area contributed by atoms with E-state index in [-0.39, 0.29) is 6.79 Å². The molecule has 2 aliphatic heterocycles. The Morgan fingerprint density at radius 1 is 1.13 bits per heavy atom. The topological polar surface area (TPSA) is 68.2 Å². The first-order valence-corrected chi connectivity index (χ1v) is 10.0. The second-order valence-corrected chi connectivity index (χ2v) is 7.62. The van der Waals surface area contributed by atoms with E-state index >= 15 is 0 Å². The fraction of sp³-hybridized carbons (Fsp3) is 0.409. The number of benzene rings is 2. The summed E-state index contributed by atoms with van der Waals surface area (Å²) in [6, 6.07) is 13.1. The van der Waals surface area contributed by atoms with E-state index in [1.165, 1.54) is 0 Å². The number of aliphatic hydroxyl groups is 1. The largest absolute Gasteiger partial charge is 0.492 e. The van der Waals surface area contributed by atoms with E-state index in [4.69, 9.17) is 14.3 Å². The van der Waals surface area contributed by atoms with Gasteiger partial charge in [-0.05, 0) is 48.9 Å². The van der Waals surface area contributed by atoms with Crippen LogP contribution in [-0.4, -0.2) is 41.2 Å². The number of rotatable bonds is 6. The van der Waals surface area contributed by atoms with E-state index in [0.29, 0.717) is 42.7 Å². The van der Waals surface area contributed by atoms with Crippen LogP contribution in [0.5, 0.6) is 11.5 Å². The van der Waals surface area contributed by atoms with Crippen molar-refractivity contribution in [1.29, 1.82) is 0 Å². The summed E-state index contributed by atoms with van der Waals surface area (Å²) in [5.41, 5.74) is 1.48. The Kier molecular flexibility index (Phi) is 6.06. The van der Waals surface area contributed by atoms with Crippen molar-refractivity contribution in [2.75, 3.05) is 6.79 Å². The minimum atomic E-state index is -5.12. The third kappa shape index (κ3) is 4.77. The second kappa shape index (κ2) is 8.76. The molecule has 31 heavy (non-hydrogen) atoms. The molecule has 0 bridgehead atoms. The molecule has 2 aromatic carbocycles. The van der Waals surface area contributed by atoms with E-state index in [2.05, 4.69) is 0 Å². The molecule has 166 valence electrons. The summed E-state index contributed by atoms with van der Waals surface area (Å²) in [4.78, 5) is 16.4. The molecule has 0 aromatic heterocycles. The lowest BCUT2D eigenvalue weighted by Crippen LogP contribution is -2.44. The highest BCUT2D eigenvalue weighted by atomic mass is 19.4. The number of hydrogen-bond acceptors (Lipinski definition) is 6. The minimum absolute atomic E-state index is 0.0647. The number of halogens is 3. The Labute approximate surface area is 177 Å². The van der Waals surface area contributed by atoms with Crippen molar-refractivity contribution in [2.45, 2.75) is 50.0 Å². The predicted molar refractivity (Wildman–Crippen MR) is 103 cm³/mol. The molecule has 3 atom stereocenters. The van der Waals surface area contributed by atoms with Crippen molar-refractivity contribution in [2.24, 2.45) is 0 Å². The van der Waals surface area contributed by atoms with Gasteiger partial charge in [-0.2, -0.15) is 13.2 Å². The van der Waals surface area contributed by atoms with Crippen LogP contribution in [0.1, 0.15) is 36.5 Å². The first-order chi connectivity index (χ1) is 14.8. The number of alkyl halides is 3. The van der Waals surface area contributed by atoms with Crippen LogP contribution < -0.4 is 9.47 Å². The lowest BCUT2D eigenvalue weighted by atomic mass is 10.00. The Morgan fingerprint density at radius 2 is 1.87 bits per heavy atom. The summed E-state index contributed by atoms with van der Waals surface area (Å²) in [6.45, 7) is 0.0647. The molecule has 2 aromatic rings. The van der Waals surface area contributed by atoms with Gasteiger partial charge in [0, 0.05) is 6.04 Å². The van der Waals surface area contributed by atoms with E-state index in [9.17, 15) is 23.1 Å². The van der Waals surface area contributed by atoms with Crippen molar-refractivity contribution < 1.29 is 37.4 Å². The van der Waals surface area contributed by atoms with Gasteiger partial charge in [0.05, 0.1) is 12.1 Å². The Bertz CT molecular complexity index is 921. The van der Waals surface area contributed by atoms with E-state index in [1.54, 1.807) is 18.2 Å². The number of carbonyl (C=O) groups excluding carboxylic acids is 1. The average molecular weight is 437 g/mol. The van der Waals surface area contributed by atoms with Gasteiger partial charge in [-0.15, -0.1) is 5.06 Å². The molecule has 1 N–H and O–H groups in total. The smallest absolute Gasteiger partial charge is 0.454 e. The first kappa shape index (κ1) is 21.5. The summed E-state index contributed by atoms with van der Waals surface area (Å²) in [5.74, 6) is -1.31. The molecule has 1 fully saturated rings. The molecule has 9 heteroatoms. The number of hydroxylamine groups is 2. The lowest BCUT2D eigenvalue weighted by Gasteiger charge is -2.31. The number of hydrogen-bond donors (Lipinski definition) is 1. The number of ether oxygens (including phenoxy) is 2. The van der Waals surface area contributed by atoms with Gasteiger partial charge in [0.15, 0.2) is 11.5 Å². The van der Waals surface area contributed by atoms with Crippen molar-refractivity contribution in [1.82, 2.24) is 5.06 Å². The number of aryl methyl sites for hydroxylation is 1. The summed E-state index contributed by atoms with van der Waals surface area (Å²) >= 11 is 0. The van der Waals surface area contributed by atoms with Gasteiger partial charge in [-0.1, -0.05) is 36.4 Å². The summed E-state index contributed by atoms with van der Waals surface area (Å²) in [6.07, 6.45) is -4.33. The fourth-order valence-corrected chi connectivity index (χ4v) is 4.04. The zero-order valence-electron chi connectivity index (χ0n) is 16.5. The highest BCUT2D eigenvalue weighted by molar-refractivity contribution is 5.75. The summed E-state index contributed by atoms with van der Waals surface area (Å²) in [7, 11) is 0. The number of aliphatic hydroxyl groups excluding tert-OH is 1. The van der Waals surface area contributed by atoms with Crippen molar-refractivity contribution in [3.8, 4) is 11.5 Å². The van der Waals surface area contributed by atoms with Crippen LogP contribution in [0.2, 0.25) is 0 Å². The summed E-state index contributed by atoms with van der Waals surface area (Å²) in [5, 5.41) is 12.0. The van der Waals surface area contributed by atoms with E-state index in [1.807, 2.05) is 30.3 Å². The van der Waals surface area contributed by atoms with Crippen LogP contribution in [0.15, 0.2) is 48.5 Å². The molecule has 0 aliphatic carbocycles. The molecule has 0 amide bonds. The summed E-state index contributed by atoms with van der Waals surface area (Å²) < 4.78 is 49.2. The molecule has 6 nitrogen and oxygen atoms in total. The molecule has 4 rings (SSSR count). The molecule has 0 radical (unpaired) electrons. The van der Waals surface area contributed by atoms with Crippen LogP contribution in [-0.2, 0) is 16.1 Å². The van der Waals surface area contributed by atoms with Crippen LogP contribution >= 0.6 is 0 Å². The third-order valence-corrected chi connectivity index (χ3v) is 5.61. The highest BCUT2D eigenvalue weighted by Crippen LogP contribution is 2.39. The monoisotopic (exact) mass is 437 g/mol. The van der Waals surface area contributed by atoms with Gasteiger partial charge in [-0.25, -0.2) is 4.79 Å². The van der Waals surface area contributed by atoms with E-state index < -0.39 is 30.3 Å². The Balaban J connectivity index is 1.52. The Hall–Kier alpha value is -2.78. The Morgan fingerprint density at radius 3 is 2.61 bits per heavy atom. The van der Waals surface area contributed by atoms with Crippen LogP contribution in [0.4, 0.5) is 13.2 Å². The number of fused-ring (bicyclic) bond motifs is 1. The van der Waals surface area contributed by atoms with E-state index in [0.717, 1.165) is 10.6 Å². The predicted octanol–water partition coefficient (Wildman–Crippen LogP) is 3.94. The zero-order valence-corrected chi connectivity index (χ0v) is 16.5. The maximum absolute atomic E-state index is 12.9. The SMILES string of the molecule is O=C(ON1C(CCc2ccccc2)CCC1C(O)c1ccc2c(c1)OCO2)C(F)(F)F. The van der Waals surface area contributed by atoms with Gasteiger partial charge in [0.2, 0.25) is 6.79 Å². The van der Waals surface area contributed by atoms with Crippen LogP contribution in [0.3, 0.4) is 0 Å². The number of carbonyl (C=O) groups is 1. The maximum atomic E-state index is 12.9. The van der Waals surface area contributed by atoms with Gasteiger partial charge < -0.3 is 19.4 Å². The molecule has 1 saturated heterocycles. The minimum Gasteiger partial charge on any atom is -0.454 e. The quantitative estimate of drug-likeness (QED) is 0.739. The molecule has 3 unspecified atom stereocenters. The van der Waals surface area contributed by atoms with Crippen LogP contribution in [0.25, 0.3) is 0 Å². The lowest BCUT2D eigenvalue weighted by molar-refractivity contribution is -0.254. The van der Waals surface area contributed by atoms with Crippen molar-refractivity contribution in [3.63, 3.8) is 0 Å². The molecule has 0 saturated carbocycles. The average Bonchev–Trinajstić information content (AvgIpc) is 3.38. The second-order valence-electron chi connectivity index (χ2n) is 7.62. The highest BCUT2D eigenvalue weighted by Gasteiger charge is 2.47. The number of nitrogens with zero attached hydrogens (tertiary/aromatic N) is 1. The molecular formula is C22H22F3NO5. The van der Waals surface area contributed by atoms with Gasteiger partial charge in [-0.3, -0.25) is 0 Å². The van der Waals surface area contributed by atoms with Crippen LogP contribution in [0, 0.1) is 0 Å². The molecule has 0 spiro atoms.